The second kappa shape index (κ2) is 6.42. The quantitative estimate of drug-likeness (QED) is 0.736. The number of hydrogen-bond acceptors (Lipinski definition) is 5. The van der Waals surface area contributed by atoms with Crippen molar-refractivity contribution in [3.05, 3.63) is 24.3 Å². The van der Waals surface area contributed by atoms with Crippen LogP contribution >= 0.6 is 0 Å². The Balaban J connectivity index is 1.69. The van der Waals surface area contributed by atoms with E-state index in [1.165, 1.54) is 0 Å². The van der Waals surface area contributed by atoms with Gasteiger partial charge >= 0.3 is 0 Å². The molecule has 18 heavy (non-hydrogen) atoms. The zero-order valence-corrected chi connectivity index (χ0v) is 10.4. The average molecular weight is 249 g/mol. The summed E-state index contributed by atoms with van der Waals surface area (Å²) in [5.41, 5.74) is 6.14. The Kier molecular flexibility index (Phi) is 4.60. The van der Waals surface area contributed by atoms with Crippen LogP contribution in [0.3, 0.4) is 0 Å². The second-order valence-corrected chi connectivity index (χ2v) is 4.59. The highest BCUT2D eigenvalue weighted by Crippen LogP contribution is 2.10. The molecule has 6 heteroatoms. The van der Waals surface area contributed by atoms with E-state index in [0.29, 0.717) is 12.6 Å². The molecule has 3 N–H and O–H groups in total. The lowest BCUT2D eigenvalue weighted by molar-refractivity contribution is -0.119. The van der Waals surface area contributed by atoms with Crippen molar-refractivity contribution >= 4 is 5.91 Å². The highest BCUT2D eigenvalue weighted by molar-refractivity contribution is 5.75. The molecule has 0 aromatic carbocycles. The molecule has 0 aliphatic carbocycles. The summed E-state index contributed by atoms with van der Waals surface area (Å²) in [4.78, 5) is 21.2. The van der Waals surface area contributed by atoms with Gasteiger partial charge in [-0.1, -0.05) is 0 Å². The molecule has 1 amide bonds. The van der Waals surface area contributed by atoms with E-state index in [1.54, 1.807) is 18.6 Å². The minimum absolute atomic E-state index is 0.249. The first kappa shape index (κ1) is 12.9. The van der Waals surface area contributed by atoms with Crippen LogP contribution in [0.5, 0.6) is 0 Å². The molecule has 0 spiro atoms. The summed E-state index contributed by atoms with van der Waals surface area (Å²) in [6, 6.07) is 0.483. The van der Waals surface area contributed by atoms with Crippen LogP contribution in [0.25, 0.3) is 0 Å². The molecule has 1 saturated heterocycles. The predicted octanol–water partition coefficient (Wildman–Crippen LogP) is -0.484. The standard InChI is InChI=1S/C12H19N5O/c13-12(18)9-17-5-1-10(2-6-17)16-8-11-7-14-3-4-15-11/h3-4,7,10,16H,1-2,5-6,8-9H2,(H2,13,18). The fourth-order valence-electron chi connectivity index (χ4n) is 2.19. The summed E-state index contributed by atoms with van der Waals surface area (Å²) in [5.74, 6) is -0.249. The lowest BCUT2D eigenvalue weighted by Crippen LogP contribution is -2.45. The summed E-state index contributed by atoms with van der Waals surface area (Å²) in [6.45, 7) is 2.95. The number of hydrogen-bond donors (Lipinski definition) is 2. The van der Waals surface area contributed by atoms with Gasteiger partial charge in [-0.3, -0.25) is 19.7 Å². The van der Waals surface area contributed by atoms with Crippen molar-refractivity contribution < 1.29 is 4.79 Å². The van der Waals surface area contributed by atoms with E-state index in [2.05, 4.69) is 20.2 Å². The number of carbonyl (C=O) groups is 1. The Labute approximate surface area is 107 Å². The Morgan fingerprint density at radius 1 is 1.44 bits per heavy atom. The molecule has 0 atom stereocenters. The monoisotopic (exact) mass is 249 g/mol. The number of likely N-dealkylation sites (tertiary alicyclic amines) is 1. The fraction of sp³-hybridized carbons (Fsp3) is 0.583. The van der Waals surface area contributed by atoms with E-state index in [-0.39, 0.29) is 5.91 Å². The van der Waals surface area contributed by atoms with Gasteiger partial charge in [-0.05, 0) is 12.8 Å². The molecular weight excluding hydrogens is 230 g/mol. The Morgan fingerprint density at radius 3 is 2.83 bits per heavy atom. The predicted molar refractivity (Wildman–Crippen MR) is 67.5 cm³/mol. The third-order valence-electron chi connectivity index (χ3n) is 3.16. The maximum atomic E-state index is 10.8. The van der Waals surface area contributed by atoms with Gasteiger partial charge < -0.3 is 11.1 Å². The summed E-state index contributed by atoms with van der Waals surface area (Å²) in [6.07, 6.45) is 7.22. The van der Waals surface area contributed by atoms with Gasteiger partial charge in [0, 0.05) is 44.3 Å². The van der Waals surface area contributed by atoms with E-state index < -0.39 is 0 Å². The van der Waals surface area contributed by atoms with E-state index >= 15 is 0 Å². The minimum atomic E-state index is -0.249. The Bertz CT molecular complexity index is 375. The lowest BCUT2D eigenvalue weighted by atomic mass is 10.1. The summed E-state index contributed by atoms with van der Waals surface area (Å²) in [7, 11) is 0. The minimum Gasteiger partial charge on any atom is -0.369 e. The molecule has 0 radical (unpaired) electrons. The van der Waals surface area contributed by atoms with Crippen LogP contribution in [0.1, 0.15) is 18.5 Å². The van der Waals surface area contributed by atoms with Crippen molar-refractivity contribution in [3.63, 3.8) is 0 Å². The molecule has 98 valence electrons. The fourth-order valence-corrected chi connectivity index (χ4v) is 2.19. The number of nitrogens with one attached hydrogen (secondary N) is 1. The van der Waals surface area contributed by atoms with Gasteiger partial charge in [-0.15, -0.1) is 0 Å². The van der Waals surface area contributed by atoms with Crippen LogP contribution < -0.4 is 11.1 Å². The molecule has 0 unspecified atom stereocenters. The van der Waals surface area contributed by atoms with Gasteiger partial charge in [0.05, 0.1) is 12.2 Å². The maximum absolute atomic E-state index is 10.8. The second-order valence-electron chi connectivity index (χ2n) is 4.59. The molecule has 6 nitrogen and oxygen atoms in total. The number of piperidine rings is 1. The molecule has 2 heterocycles. The SMILES string of the molecule is NC(=O)CN1CCC(NCc2cnccn2)CC1. The number of nitrogens with two attached hydrogens (primary N) is 1. The normalized spacial score (nSPS) is 17.8. The van der Waals surface area contributed by atoms with E-state index in [0.717, 1.165) is 38.2 Å². The third kappa shape index (κ3) is 4.05. The average Bonchev–Trinajstić information content (AvgIpc) is 2.38. The van der Waals surface area contributed by atoms with Crippen molar-refractivity contribution in [2.75, 3.05) is 19.6 Å². The Morgan fingerprint density at radius 2 is 2.22 bits per heavy atom. The molecule has 1 aromatic rings. The maximum Gasteiger partial charge on any atom is 0.231 e. The van der Waals surface area contributed by atoms with Crippen LogP contribution in [-0.4, -0.2) is 46.5 Å². The van der Waals surface area contributed by atoms with Gasteiger partial charge in [0.2, 0.25) is 5.91 Å². The first-order valence-electron chi connectivity index (χ1n) is 6.23. The van der Waals surface area contributed by atoms with Crippen LogP contribution in [0.15, 0.2) is 18.6 Å². The zero-order chi connectivity index (χ0) is 12.8. The van der Waals surface area contributed by atoms with Crippen molar-refractivity contribution in [1.82, 2.24) is 20.2 Å². The highest BCUT2D eigenvalue weighted by atomic mass is 16.1. The molecule has 1 aromatic heterocycles. The van der Waals surface area contributed by atoms with E-state index in [9.17, 15) is 4.79 Å². The zero-order valence-electron chi connectivity index (χ0n) is 10.4. The molecule has 1 aliphatic rings. The highest BCUT2D eigenvalue weighted by Gasteiger charge is 2.19. The molecular formula is C12H19N5O. The summed E-state index contributed by atoms with van der Waals surface area (Å²) >= 11 is 0. The number of rotatable bonds is 5. The van der Waals surface area contributed by atoms with Gasteiger partial charge in [-0.25, -0.2) is 0 Å². The van der Waals surface area contributed by atoms with Gasteiger partial charge in [0.15, 0.2) is 0 Å². The molecule has 0 saturated carbocycles. The molecule has 1 fully saturated rings. The third-order valence-corrected chi connectivity index (χ3v) is 3.16. The van der Waals surface area contributed by atoms with Crippen molar-refractivity contribution in [2.24, 2.45) is 5.73 Å². The van der Waals surface area contributed by atoms with Crippen LogP contribution in [0, 0.1) is 0 Å². The number of primary amides is 1. The van der Waals surface area contributed by atoms with Crippen LogP contribution in [0.2, 0.25) is 0 Å². The van der Waals surface area contributed by atoms with Crippen LogP contribution in [-0.2, 0) is 11.3 Å². The summed E-state index contributed by atoms with van der Waals surface area (Å²) in [5, 5.41) is 3.47. The van der Waals surface area contributed by atoms with Gasteiger partial charge in [0.25, 0.3) is 0 Å². The summed E-state index contributed by atoms with van der Waals surface area (Å²) < 4.78 is 0. The van der Waals surface area contributed by atoms with Crippen molar-refractivity contribution in [3.8, 4) is 0 Å². The lowest BCUT2D eigenvalue weighted by Gasteiger charge is -2.31. The number of nitrogens with zero attached hydrogens (tertiary/aromatic N) is 3. The van der Waals surface area contributed by atoms with E-state index in [4.69, 9.17) is 5.73 Å². The molecule has 2 rings (SSSR count). The van der Waals surface area contributed by atoms with Crippen molar-refractivity contribution in [2.45, 2.75) is 25.4 Å². The first-order chi connectivity index (χ1) is 8.74. The van der Waals surface area contributed by atoms with Gasteiger partial charge in [-0.2, -0.15) is 0 Å². The number of carbonyl (C=O) groups excluding carboxylic acids is 1. The number of aromatic nitrogens is 2. The number of amides is 1. The van der Waals surface area contributed by atoms with E-state index in [1.807, 2.05) is 0 Å². The van der Waals surface area contributed by atoms with Gasteiger partial charge in [0.1, 0.15) is 0 Å². The largest absolute Gasteiger partial charge is 0.369 e. The molecule has 1 aliphatic heterocycles. The smallest absolute Gasteiger partial charge is 0.231 e. The Hall–Kier alpha value is -1.53. The molecule has 0 bridgehead atoms. The van der Waals surface area contributed by atoms with Crippen LogP contribution in [0.4, 0.5) is 0 Å². The topological polar surface area (TPSA) is 84.1 Å². The van der Waals surface area contributed by atoms with Crippen molar-refractivity contribution in [1.29, 1.82) is 0 Å². The first-order valence-corrected chi connectivity index (χ1v) is 6.23.